The first-order chi connectivity index (χ1) is 9.87. The van der Waals surface area contributed by atoms with Gasteiger partial charge in [0, 0.05) is 17.5 Å². The minimum Gasteiger partial charge on any atom is -0.429 e. The zero-order valence-electron chi connectivity index (χ0n) is 12.5. The summed E-state index contributed by atoms with van der Waals surface area (Å²) in [5.41, 5.74) is 1.22. The van der Waals surface area contributed by atoms with Crippen LogP contribution < -0.4 is 0 Å². The maximum atomic E-state index is 12.4. The van der Waals surface area contributed by atoms with E-state index in [1.54, 1.807) is 25.7 Å². The Hall–Kier alpha value is -2.04. The number of fused-ring (bicyclic) bond motifs is 3. The van der Waals surface area contributed by atoms with E-state index in [0.717, 1.165) is 12.0 Å². The Morgan fingerprint density at radius 1 is 1.33 bits per heavy atom. The van der Waals surface area contributed by atoms with Gasteiger partial charge in [-0.15, -0.1) is 0 Å². The molecule has 5 nitrogen and oxygen atoms in total. The Morgan fingerprint density at radius 3 is 2.76 bits per heavy atom. The summed E-state index contributed by atoms with van der Waals surface area (Å²) in [6, 6.07) is 7.78. The van der Waals surface area contributed by atoms with Crippen molar-refractivity contribution in [3.63, 3.8) is 0 Å². The second-order valence-electron chi connectivity index (χ2n) is 6.51. The Balaban J connectivity index is 1.66. The van der Waals surface area contributed by atoms with Gasteiger partial charge in [-0.3, -0.25) is 4.79 Å². The molecule has 1 aliphatic heterocycles. The average Bonchev–Trinajstić information content (AvgIpc) is 3.17. The fourth-order valence-electron chi connectivity index (χ4n) is 2.74. The van der Waals surface area contributed by atoms with Crippen molar-refractivity contribution in [1.82, 2.24) is 4.90 Å². The number of carbonyl (C=O) groups is 2. The van der Waals surface area contributed by atoms with Gasteiger partial charge in [-0.05, 0) is 38.8 Å². The van der Waals surface area contributed by atoms with E-state index in [9.17, 15) is 9.59 Å². The molecular weight excluding hydrogens is 270 g/mol. The van der Waals surface area contributed by atoms with Crippen LogP contribution in [0.25, 0.3) is 0 Å². The zero-order valence-corrected chi connectivity index (χ0v) is 12.5. The standard InChI is InChI=1S/C16H19NO4/c1-16(2,3)21-15(19)20-9-17-13-8-12(13)10-6-4-5-7-11(10)14(17)18/h4-7,12-13H,8-9H2,1-3H3. The average molecular weight is 289 g/mol. The van der Waals surface area contributed by atoms with Crippen LogP contribution in [0.2, 0.25) is 0 Å². The number of rotatable bonds is 2. The zero-order chi connectivity index (χ0) is 15.2. The molecule has 0 N–H and O–H groups in total. The summed E-state index contributed by atoms with van der Waals surface area (Å²) in [5, 5.41) is 0. The molecule has 1 aromatic carbocycles. The van der Waals surface area contributed by atoms with Crippen LogP contribution in [-0.2, 0) is 9.47 Å². The Kier molecular flexibility index (Phi) is 3.15. The van der Waals surface area contributed by atoms with E-state index in [1.807, 2.05) is 24.3 Å². The number of hydrogen-bond acceptors (Lipinski definition) is 4. The van der Waals surface area contributed by atoms with Gasteiger partial charge in [-0.25, -0.2) is 4.79 Å². The molecule has 2 unspecified atom stereocenters. The molecule has 2 atom stereocenters. The van der Waals surface area contributed by atoms with Crippen LogP contribution in [-0.4, -0.2) is 35.3 Å². The molecule has 1 amide bonds. The number of carbonyl (C=O) groups excluding carboxylic acids is 2. The predicted octanol–water partition coefficient (Wildman–Crippen LogP) is 2.91. The van der Waals surface area contributed by atoms with Crippen LogP contribution in [0.5, 0.6) is 0 Å². The van der Waals surface area contributed by atoms with Crippen LogP contribution in [0.4, 0.5) is 4.79 Å². The molecule has 0 bridgehead atoms. The van der Waals surface area contributed by atoms with Gasteiger partial charge in [-0.1, -0.05) is 18.2 Å². The monoisotopic (exact) mass is 289 g/mol. The fraction of sp³-hybridized carbons (Fsp3) is 0.500. The van der Waals surface area contributed by atoms with Crippen molar-refractivity contribution in [2.24, 2.45) is 0 Å². The van der Waals surface area contributed by atoms with Gasteiger partial charge in [0.15, 0.2) is 6.73 Å². The third-order valence-corrected chi connectivity index (χ3v) is 3.72. The van der Waals surface area contributed by atoms with Gasteiger partial charge in [0.25, 0.3) is 5.91 Å². The summed E-state index contributed by atoms with van der Waals surface area (Å²) in [7, 11) is 0. The van der Waals surface area contributed by atoms with Crippen LogP contribution in [0.1, 0.15) is 49.0 Å². The van der Waals surface area contributed by atoms with Crippen LogP contribution in [0.15, 0.2) is 24.3 Å². The van der Waals surface area contributed by atoms with Crippen molar-refractivity contribution < 1.29 is 19.1 Å². The van der Waals surface area contributed by atoms with Gasteiger partial charge < -0.3 is 14.4 Å². The molecule has 0 aromatic heterocycles. The van der Waals surface area contributed by atoms with Crippen molar-refractivity contribution in [2.45, 2.75) is 44.8 Å². The Labute approximate surface area is 123 Å². The topological polar surface area (TPSA) is 55.8 Å². The lowest BCUT2D eigenvalue weighted by atomic mass is 9.99. The largest absolute Gasteiger partial charge is 0.510 e. The molecule has 0 saturated heterocycles. The van der Waals surface area contributed by atoms with Gasteiger partial charge >= 0.3 is 6.16 Å². The van der Waals surface area contributed by atoms with Crippen molar-refractivity contribution in [2.75, 3.05) is 6.73 Å². The second-order valence-corrected chi connectivity index (χ2v) is 6.51. The lowest BCUT2D eigenvalue weighted by molar-refractivity contribution is -0.0283. The van der Waals surface area contributed by atoms with Crippen molar-refractivity contribution in [3.8, 4) is 0 Å². The molecule has 112 valence electrons. The molecule has 1 aliphatic carbocycles. The molecule has 1 fully saturated rings. The molecule has 21 heavy (non-hydrogen) atoms. The molecule has 1 saturated carbocycles. The van der Waals surface area contributed by atoms with Gasteiger partial charge in [0.05, 0.1) is 0 Å². The number of hydrogen-bond donors (Lipinski definition) is 0. The van der Waals surface area contributed by atoms with Crippen molar-refractivity contribution >= 4 is 12.1 Å². The number of benzene rings is 1. The van der Waals surface area contributed by atoms with E-state index in [1.165, 1.54) is 0 Å². The van der Waals surface area contributed by atoms with Crippen LogP contribution in [0.3, 0.4) is 0 Å². The first-order valence-electron chi connectivity index (χ1n) is 7.12. The first-order valence-corrected chi connectivity index (χ1v) is 7.12. The number of nitrogens with zero attached hydrogens (tertiary/aromatic N) is 1. The fourth-order valence-corrected chi connectivity index (χ4v) is 2.74. The number of ether oxygens (including phenoxy) is 2. The highest BCUT2D eigenvalue weighted by Gasteiger charge is 2.50. The van der Waals surface area contributed by atoms with Crippen LogP contribution in [0, 0.1) is 0 Å². The maximum absolute atomic E-state index is 12.4. The Morgan fingerprint density at radius 2 is 2.05 bits per heavy atom. The second kappa shape index (κ2) is 4.76. The minimum atomic E-state index is -0.744. The molecule has 1 aromatic rings. The van der Waals surface area contributed by atoms with Gasteiger partial charge in [-0.2, -0.15) is 0 Å². The minimum absolute atomic E-state index is 0.0523. The molecule has 3 rings (SSSR count). The smallest absolute Gasteiger partial charge is 0.429 e. The first kappa shape index (κ1) is 13.9. The van der Waals surface area contributed by atoms with Gasteiger partial charge in [0.2, 0.25) is 0 Å². The highest BCUT2D eigenvalue weighted by atomic mass is 16.7. The summed E-state index contributed by atoms with van der Waals surface area (Å²) in [4.78, 5) is 25.7. The quantitative estimate of drug-likeness (QED) is 0.786. The summed E-state index contributed by atoms with van der Waals surface area (Å²) in [6.45, 7) is 5.26. The third kappa shape index (κ3) is 2.73. The van der Waals surface area contributed by atoms with E-state index in [0.29, 0.717) is 11.5 Å². The van der Waals surface area contributed by atoms with E-state index in [4.69, 9.17) is 9.47 Å². The lowest BCUT2D eigenvalue weighted by Crippen LogP contribution is -2.40. The van der Waals surface area contributed by atoms with Crippen molar-refractivity contribution in [1.29, 1.82) is 0 Å². The van der Waals surface area contributed by atoms with E-state index in [-0.39, 0.29) is 18.7 Å². The molecule has 5 heteroatoms. The molecule has 1 heterocycles. The highest BCUT2D eigenvalue weighted by Crippen LogP contribution is 2.49. The molecular formula is C16H19NO4. The summed E-state index contributed by atoms with van der Waals surface area (Å²) < 4.78 is 10.2. The molecule has 2 aliphatic rings. The Bertz CT molecular complexity index is 590. The summed E-state index contributed by atoms with van der Waals surface area (Å²) in [5.74, 6) is 0.300. The van der Waals surface area contributed by atoms with E-state index in [2.05, 4.69) is 0 Å². The van der Waals surface area contributed by atoms with Crippen molar-refractivity contribution in [3.05, 3.63) is 35.4 Å². The number of amides is 1. The van der Waals surface area contributed by atoms with E-state index < -0.39 is 11.8 Å². The normalized spacial score (nSPS) is 23.2. The summed E-state index contributed by atoms with van der Waals surface area (Å²) in [6.07, 6.45) is 0.187. The summed E-state index contributed by atoms with van der Waals surface area (Å²) >= 11 is 0. The van der Waals surface area contributed by atoms with Gasteiger partial charge in [0.1, 0.15) is 5.60 Å². The molecule has 0 spiro atoms. The molecule has 0 radical (unpaired) electrons. The third-order valence-electron chi connectivity index (χ3n) is 3.72. The highest BCUT2D eigenvalue weighted by molar-refractivity contribution is 5.98. The lowest BCUT2D eigenvalue weighted by Gasteiger charge is -2.28. The SMILES string of the molecule is CC(C)(C)OC(=O)OCN1C(=O)c2ccccc2C2CC21. The maximum Gasteiger partial charge on any atom is 0.510 e. The van der Waals surface area contributed by atoms with Crippen LogP contribution >= 0.6 is 0 Å². The predicted molar refractivity (Wildman–Crippen MR) is 75.9 cm³/mol. The van der Waals surface area contributed by atoms with E-state index >= 15 is 0 Å².